The zero-order chi connectivity index (χ0) is 10.6. The molecule has 0 aliphatic rings. The molecule has 1 unspecified atom stereocenters. The number of aryl methyl sites for hydroxylation is 1. The van der Waals surface area contributed by atoms with Crippen LogP contribution in [0.2, 0.25) is 0 Å². The second-order valence-corrected chi connectivity index (χ2v) is 3.31. The Labute approximate surface area is 83.3 Å². The van der Waals surface area contributed by atoms with Gasteiger partial charge in [-0.15, -0.1) is 0 Å². The normalized spacial score (nSPS) is 12.5. The SMILES string of the molecule is CNC(C)CNC(=O)c1cn[nH]c1C. The van der Waals surface area contributed by atoms with Crippen molar-refractivity contribution >= 4 is 5.91 Å². The maximum Gasteiger partial charge on any atom is 0.254 e. The number of hydrogen-bond acceptors (Lipinski definition) is 3. The molecule has 0 aliphatic carbocycles. The van der Waals surface area contributed by atoms with Crippen LogP contribution in [0.3, 0.4) is 0 Å². The Balaban J connectivity index is 2.47. The van der Waals surface area contributed by atoms with Crippen molar-refractivity contribution in [3.05, 3.63) is 17.5 Å². The zero-order valence-corrected chi connectivity index (χ0v) is 8.72. The molecular weight excluding hydrogens is 180 g/mol. The van der Waals surface area contributed by atoms with Crippen LogP contribution in [0.4, 0.5) is 0 Å². The van der Waals surface area contributed by atoms with E-state index in [-0.39, 0.29) is 11.9 Å². The number of nitrogens with zero attached hydrogens (tertiary/aromatic N) is 1. The number of aromatic amines is 1. The minimum absolute atomic E-state index is 0.0849. The van der Waals surface area contributed by atoms with Gasteiger partial charge in [-0.2, -0.15) is 5.10 Å². The number of aromatic nitrogens is 2. The van der Waals surface area contributed by atoms with Crippen LogP contribution in [0, 0.1) is 6.92 Å². The molecule has 0 aromatic carbocycles. The Hall–Kier alpha value is -1.36. The highest BCUT2D eigenvalue weighted by molar-refractivity contribution is 5.94. The van der Waals surface area contributed by atoms with Gasteiger partial charge in [0.1, 0.15) is 0 Å². The summed E-state index contributed by atoms with van der Waals surface area (Å²) in [7, 11) is 1.86. The molecule has 3 N–H and O–H groups in total. The predicted octanol–water partition coefficient (Wildman–Crippen LogP) is 0.0558. The Kier molecular flexibility index (Phi) is 3.64. The molecule has 5 heteroatoms. The number of rotatable bonds is 4. The summed E-state index contributed by atoms with van der Waals surface area (Å²) in [5, 5.41) is 12.4. The van der Waals surface area contributed by atoms with Crippen LogP contribution in [0.5, 0.6) is 0 Å². The number of carbonyl (C=O) groups is 1. The minimum atomic E-state index is -0.0849. The molecule has 14 heavy (non-hydrogen) atoms. The molecule has 0 radical (unpaired) electrons. The van der Waals surface area contributed by atoms with Crippen molar-refractivity contribution in [1.29, 1.82) is 0 Å². The first kappa shape index (κ1) is 10.7. The molecular formula is C9H16N4O. The Morgan fingerprint density at radius 3 is 2.93 bits per heavy atom. The summed E-state index contributed by atoms with van der Waals surface area (Å²) < 4.78 is 0. The number of likely N-dealkylation sites (N-methyl/N-ethyl adjacent to an activating group) is 1. The van der Waals surface area contributed by atoms with Crippen LogP contribution < -0.4 is 10.6 Å². The highest BCUT2D eigenvalue weighted by Gasteiger charge is 2.10. The standard InChI is InChI=1S/C9H16N4O/c1-6(10-3)4-11-9(14)8-5-12-13-7(8)2/h5-6,10H,4H2,1-3H3,(H,11,14)(H,12,13). The Morgan fingerprint density at radius 1 is 1.71 bits per heavy atom. The second-order valence-electron chi connectivity index (χ2n) is 3.31. The lowest BCUT2D eigenvalue weighted by Crippen LogP contribution is -2.37. The van der Waals surface area contributed by atoms with E-state index in [1.807, 2.05) is 20.9 Å². The van der Waals surface area contributed by atoms with Crippen molar-refractivity contribution < 1.29 is 4.79 Å². The van der Waals surface area contributed by atoms with Gasteiger partial charge in [0.2, 0.25) is 0 Å². The fraction of sp³-hybridized carbons (Fsp3) is 0.556. The number of amides is 1. The van der Waals surface area contributed by atoms with Crippen molar-refractivity contribution in [1.82, 2.24) is 20.8 Å². The molecule has 78 valence electrons. The van der Waals surface area contributed by atoms with Crippen LogP contribution in [-0.4, -0.2) is 35.7 Å². The van der Waals surface area contributed by atoms with Gasteiger partial charge in [-0.1, -0.05) is 0 Å². The van der Waals surface area contributed by atoms with Crippen molar-refractivity contribution in [2.24, 2.45) is 0 Å². The summed E-state index contributed by atoms with van der Waals surface area (Å²) in [6.45, 7) is 4.44. The molecule has 0 saturated carbocycles. The Morgan fingerprint density at radius 2 is 2.43 bits per heavy atom. The lowest BCUT2D eigenvalue weighted by molar-refractivity contribution is 0.0950. The topological polar surface area (TPSA) is 69.8 Å². The smallest absolute Gasteiger partial charge is 0.254 e. The maximum absolute atomic E-state index is 11.5. The summed E-state index contributed by atoms with van der Waals surface area (Å²) in [5.41, 5.74) is 1.40. The van der Waals surface area contributed by atoms with E-state index in [2.05, 4.69) is 20.8 Å². The average Bonchev–Trinajstić information content (AvgIpc) is 2.60. The summed E-state index contributed by atoms with van der Waals surface area (Å²) in [4.78, 5) is 11.5. The van der Waals surface area contributed by atoms with Gasteiger partial charge in [0, 0.05) is 18.3 Å². The molecule has 0 fully saturated rings. The van der Waals surface area contributed by atoms with Gasteiger partial charge in [0.25, 0.3) is 5.91 Å². The number of carbonyl (C=O) groups excluding carboxylic acids is 1. The van der Waals surface area contributed by atoms with Gasteiger partial charge < -0.3 is 10.6 Å². The highest BCUT2D eigenvalue weighted by Crippen LogP contribution is 2.01. The van der Waals surface area contributed by atoms with E-state index >= 15 is 0 Å². The largest absolute Gasteiger partial charge is 0.350 e. The molecule has 5 nitrogen and oxygen atoms in total. The third kappa shape index (κ3) is 2.56. The number of nitrogens with one attached hydrogen (secondary N) is 3. The van der Waals surface area contributed by atoms with Crippen LogP contribution >= 0.6 is 0 Å². The molecule has 1 aromatic rings. The molecule has 1 heterocycles. The van der Waals surface area contributed by atoms with E-state index in [0.717, 1.165) is 5.69 Å². The van der Waals surface area contributed by atoms with E-state index in [1.54, 1.807) is 0 Å². The van der Waals surface area contributed by atoms with E-state index < -0.39 is 0 Å². The first-order chi connectivity index (χ1) is 6.65. The summed E-state index contributed by atoms with van der Waals surface area (Å²) >= 11 is 0. The second kappa shape index (κ2) is 4.76. The first-order valence-corrected chi connectivity index (χ1v) is 4.60. The zero-order valence-electron chi connectivity index (χ0n) is 8.72. The molecule has 0 bridgehead atoms. The van der Waals surface area contributed by atoms with Crippen molar-refractivity contribution in [3.63, 3.8) is 0 Å². The van der Waals surface area contributed by atoms with Gasteiger partial charge in [-0.25, -0.2) is 0 Å². The van der Waals surface area contributed by atoms with Gasteiger partial charge >= 0.3 is 0 Å². The highest BCUT2D eigenvalue weighted by atomic mass is 16.1. The average molecular weight is 196 g/mol. The van der Waals surface area contributed by atoms with Crippen molar-refractivity contribution in [2.75, 3.05) is 13.6 Å². The minimum Gasteiger partial charge on any atom is -0.350 e. The third-order valence-electron chi connectivity index (χ3n) is 2.14. The van der Waals surface area contributed by atoms with Gasteiger partial charge in [-0.3, -0.25) is 9.89 Å². The Bertz CT molecular complexity index is 308. The number of H-pyrrole nitrogens is 1. The molecule has 0 saturated heterocycles. The predicted molar refractivity (Wildman–Crippen MR) is 54.2 cm³/mol. The van der Waals surface area contributed by atoms with Gasteiger partial charge in [0.05, 0.1) is 11.8 Å². The maximum atomic E-state index is 11.5. The van der Waals surface area contributed by atoms with Gasteiger partial charge in [0.15, 0.2) is 0 Å². The fourth-order valence-electron chi connectivity index (χ4n) is 1.02. The van der Waals surface area contributed by atoms with Crippen LogP contribution in [0.1, 0.15) is 23.0 Å². The van der Waals surface area contributed by atoms with Crippen LogP contribution in [-0.2, 0) is 0 Å². The molecule has 0 spiro atoms. The third-order valence-corrected chi connectivity index (χ3v) is 2.14. The van der Waals surface area contributed by atoms with E-state index in [0.29, 0.717) is 12.1 Å². The molecule has 0 aliphatic heterocycles. The van der Waals surface area contributed by atoms with Crippen molar-refractivity contribution in [3.8, 4) is 0 Å². The van der Waals surface area contributed by atoms with Gasteiger partial charge in [-0.05, 0) is 20.9 Å². The summed E-state index contributed by atoms with van der Waals surface area (Å²) in [5.74, 6) is -0.0849. The van der Waals surface area contributed by atoms with Crippen LogP contribution in [0.15, 0.2) is 6.20 Å². The first-order valence-electron chi connectivity index (χ1n) is 4.60. The molecule has 1 aromatic heterocycles. The van der Waals surface area contributed by atoms with E-state index in [4.69, 9.17) is 0 Å². The quantitative estimate of drug-likeness (QED) is 0.637. The molecule has 1 amide bonds. The lowest BCUT2D eigenvalue weighted by atomic mass is 10.2. The lowest BCUT2D eigenvalue weighted by Gasteiger charge is -2.10. The van der Waals surface area contributed by atoms with Crippen molar-refractivity contribution in [2.45, 2.75) is 19.9 Å². The van der Waals surface area contributed by atoms with Crippen LogP contribution in [0.25, 0.3) is 0 Å². The summed E-state index contributed by atoms with van der Waals surface area (Å²) in [6, 6.07) is 0.270. The monoisotopic (exact) mass is 196 g/mol. The molecule has 1 rings (SSSR count). The fourth-order valence-corrected chi connectivity index (χ4v) is 1.02. The summed E-state index contributed by atoms with van der Waals surface area (Å²) in [6.07, 6.45) is 1.54. The van der Waals surface area contributed by atoms with E-state index in [1.165, 1.54) is 6.20 Å². The number of hydrogen-bond donors (Lipinski definition) is 3. The van der Waals surface area contributed by atoms with E-state index in [9.17, 15) is 4.79 Å². The molecule has 1 atom stereocenters.